The molecule has 0 aliphatic rings. The molecule has 0 amide bonds. The SMILES string of the molecule is Cc1ccc(N=C(C=CSc2ccc([N+](=O)[O-])cc2)SCC(C)C)cc1. The molecule has 0 spiro atoms. The highest BCUT2D eigenvalue weighted by Crippen LogP contribution is 2.24. The van der Waals surface area contributed by atoms with E-state index in [1.807, 2.05) is 23.6 Å². The van der Waals surface area contributed by atoms with Gasteiger partial charge in [0.05, 0.1) is 15.7 Å². The van der Waals surface area contributed by atoms with Gasteiger partial charge in [0.25, 0.3) is 5.69 Å². The summed E-state index contributed by atoms with van der Waals surface area (Å²) < 4.78 is 0. The normalized spacial score (nSPS) is 12.1. The molecule has 0 saturated carbocycles. The summed E-state index contributed by atoms with van der Waals surface area (Å²) in [6.45, 7) is 6.43. The lowest BCUT2D eigenvalue weighted by molar-refractivity contribution is -0.384. The first kappa shape index (κ1) is 20.3. The van der Waals surface area contributed by atoms with E-state index in [1.54, 1.807) is 23.9 Å². The molecule has 0 unspecified atom stereocenters. The molecular formula is C20H22N2O2S2. The quantitative estimate of drug-likeness (QED) is 0.176. The molecule has 0 fully saturated rings. The van der Waals surface area contributed by atoms with Gasteiger partial charge in [-0.1, -0.05) is 43.3 Å². The van der Waals surface area contributed by atoms with Gasteiger partial charge < -0.3 is 0 Å². The molecule has 0 heterocycles. The maximum Gasteiger partial charge on any atom is 0.269 e. The third kappa shape index (κ3) is 7.06. The van der Waals surface area contributed by atoms with Crippen LogP contribution in [0.4, 0.5) is 11.4 Å². The van der Waals surface area contributed by atoms with Crippen LogP contribution in [0.5, 0.6) is 0 Å². The Bertz CT molecular complexity index is 782. The van der Waals surface area contributed by atoms with E-state index in [9.17, 15) is 10.1 Å². The summed E-state index contributed by atoms with van der Waals surface area (Å²) in [5.74, 6) is 1.58. The summed E-state index contributed by atoms with van der Waals surface area (Å²) in [4.78, 5) is 16.0. The van der Waals surface area contributed by atoms with Crippen molar-refractivity contribution in [3.05, 3.63) is 75.7 Å². The molecular weight excluding hydrogens is 364 g/mol. The van der Waals surface area contributed by atoms with Crippen LogP contribution in [0.1, 0.15) is 19.4 Å². The maximum atomic E-state index is 10.7. The van der Waals surface area contributed by atoms with E-state index in [-0.39, 0.29) is 10.6 Å². The summed E-state index contributed by atoms with van der Waals surface area (Å²) in [6.07, 6.45) is 2.00. The van der Waals surface area contributed by atoms with Crippen molar-refractivity contribution in [2.75, 3.05) is 5.75 Å². The lowest BCUT2D eigenvalue weighted by Crippen LogP contribution is -1.95. The highest BCUT2D eigenvalue weighted by molar-refractivity contribution is 8.14. The number of aryl methyl sites for hydroxylation is 1. The van der Waals surface area contributed by atoms with E-state index in [4.69, 9.17) is 4.99 Å². The van der Waals surface area contributed by atoms with Crippen LogP contribution >= 0.6 is 23.5 Å². The third-order valence-corrected chi connectivity index (χ3v) is 5.47. The molecule has 0 aromatic heterocycles. The van der Waals surface area contributed by atoms with E-state index < -0.39 is 0 Å². The Morgan fingerprint density at radius 3 is 2.38 bits per heavy atom. The number of hydrogen-bond donors (Lipinski definition) is 0. The standard InChI is InChI=1S/C20H22N2O2S2/c1-15(2)14-26-20(21-17-6-4-16(3)5-7-17)12-13-25-19-10-8-18(9-11-19)22(23)24/h4-13,15H,14H2,1-3H3. The Labute approximate surface area is 163 Å². The Balaban J connectivity index is 2.08. The minimum atomic E-state index is -0.390. The highest BCUT2D eigenvalue weighted by Gasteiger charge is 2.04. The molecule has 26 heavy (non-hydrogen) atoms. The smallest absolute Gasteiger partial charge is 0.258 e. The molecule has 136 valence electrons. The molecule has 0 radical (unpaired) electrons. The van der Waals surface area contributed by atoms with Crippen LogP contribution in [0.3, 0.4) is 0 Å². The summed E-state index contributed by atoms with van der Waals surface area (Å²) >= 11 is 3.25. The zero-order valence-corrected chi connectivity index (χ0v) is 16.7. The van der Waals surface area contributed by atoms with Gasteiger partial charge in [0.1, 0.15) is 0 Å². The van der Waals surface area contributed by atoms with Gasteiger partial charge in [-0.15, -0.1) is 11.8 Å². The molecule has 0 atom stereocenters. The van der Waals surface area contributed by atoms with Crippen molar-refractivity contribution >= 4 is 39.9 Å². The van der Waals surface area contributed by atoms with Gasteiger partial charge in [-0.05, 0) is 48.6 Å². The van der Waals surface area contributed by atoms with Crippen molar-refractivity contribution in [1.29, 1.82) is 0 Å². The van der Waals surface area contributed by atoms with E-state index in [1.165, 1.54) is 29.5 Å². The predicted molar refractivity (Wildman–Crippen MR) is 114 cm³/mol. The molecule has 0 aliphatic heterocycles. The van der Waals surface area contributed by atoms with Crippen LogP contribution in [0, 0.1) is 23.0 Å². The number of nitro groups is 1. The van der Waals surface area contributed by atoms with Crippen molar-refractivity contribution in [3.63, 3.8) is 0 Å². The number of hydrogen-bond acceptors (Lipinski definition) is 5. The van der Waals surface area contributed by atoms with Gasteiger partial charge in [0.15, 0.2) is 0 Å². The van der Waals surface area contributed by atoms with Crippen LogP contribution in [0.25, 0.3) is 0 Å². The van der Waals surface area contributed by atoms with Gasteiger partial charge >= 0.3 is 0 Å². The minimum absolute atomic E-state index is 0.104. The molecule has 0 saturated heterocycles. The predicted octanol–water partition coefficient (Wildman–Crippen LogP) is 6.63. The van der Waals surface area contributed by atoms with Crippen molar-refractivity contribution in [3.8, 4) is 0 Å². The van der Waals surface area contributed by atoms with Crippen molar-refractivity contribution in [2.24, 2.45) is 10.9 Å². The zero-order valence-electron chi connectivity index (χ0n) is 15.1. The molecule has 2 rings (SSSR count). The van der Waals surface area contributed by atoms with Gasteiger partial charge in [-0.2, -0.15) is 0 Å². The lowest BCUT2D eigenvalue weighted by atomic mass is 10.2. The molecule has 0 N–H and O–H groups in total. The molecule has 0 bridgehead atoms. The van der Waals surface area contributed by atoms with Crippen LogP contribution < -0.4 is 0 Å². The number of rotatable bonds is 7. The van der Waals surface area contributed by atoms with Crippen molar-refractivity contribution in [2.45, 2.75) is 25.7 Å². The monoisotopic (exact) mass is 386 g/mol. The summed E-state index contributed by atoms with van der Waals surface area (Å²) in [5, 5.41) is 13.6. The summed E-state index contributed by atoms with van der Waals surface area (Å²) in [6, 6.07) is 14.7. The third-order valence-electron chi connectivity index (χ3n) is 3.30. The first-order valence-corrected chi connectivity index (χ1v) is 10.2. The highest BCUT2D eigenvalue weighted by atomic mass is 32.2. The average Bonchev–Trinajstić information content (AvgIpc) is 2.61. The first-order valence-electron chi connectivity index (χ1n) is 8.30. The van der Waals surface area contributed by atoms with Gasteiger partial charge in [-0.25, -0.2) is 4.99 Å². The lowest BCUT2D eigenvalue weighted by Gasteiger charge is -2.05. The van der Waals surface area contributed by atoms with Gasteiger partial charge in [0, 0.05) is 22.8 Å². The van der Waals surface area contributed by atoms with Crippen molar-refractivity contribution in [1.82, 2.24) is 0 Å². The fourth-order valence-electron chi connectivity index (χ4n) is 1.93. The second-order valence-electron chi connectivity index (χ2n) is 6.16. The van der Waals surface area contributed by atoms with E-state index in [0.717, 1.165) is 21.4 Å². The zero-order chi connectivity index (χ0) is 18.9. The van der Waals surface area contributed by atoms with Crippen molar-refractivity contribution < 1.29 is 4.92 Å². The number of non-ortho nitro benzene ring substituents is 1. The second kappa shape index (κ2) is 10.2. The number of thioether (sulfide) groups is 2. The fourth-order valence-corrected chi connectivity index (χ4v) is 3.51. The fraction of sp³-hybridized carbons (Fsp3) is 0.250. The van der Waals surface area contributed by atoms with E-state index in [0.29, 0.717) is 5.92 Å². The van der Waals surface area contributed by atoms with E-state index in [2.05, 4.69) is 32.9 Å². The molecule has 4 nitrogen and oxygen atoms in total. The maximum absolute atomic E-state index is 10.7. The number of nitro benzene ring substituents is 1. The largest absolute Gasteiger partial charge is 0.269 e. The minimum Gasteiger partial charge on any atom is -0.258 e. The molecule has 2 aromatic carbocycles. The molecule has 6 heteroatoms. The number of nitrogens with zero attached hydrogens (tertiary/aromatic N) is 2. The topological polar surface area (TPSA) is 55.5 Å². The Hall–Kier alpha value is -2.05. The van der Waals surface area contributed by atoms with E-state index >= 15 is 0 Å². The Morgan fingerprint density at radius 1 is 1.15 bits per heavy atom. The molecule has 0 aliphatic carbocycles. The average molecular weight is 387 g/mol. The Morgan fingerprint density at radius 2 is 1.81 bits per heavy atom. The summed E-state index contributed by atoms with van der Waals surface area (Å²) in [5.41, 5.74) is 2.25. The first-order chi connectivity index (χ1) is 12.4. The number of benzene rings is 2. The van der Waals surface area contributed by atoms with Crippen LogP contribution in [0.15, 0.2) is 69.9 Å². The Kier molecular flexibility index (Phi) is 7.94. The second-order valence-corrected chi connectivity index (χ2v) is 8.18. The van der Waals surface area contributed by atoms with Crippen LogP contribution in [-0.4, -0.2) is 15.7 Å². The molecule has 2 aromatic rings. The van der Waals surface area contributed by atoms with Gasteiger partial charge in [0.2, 0.25) is 0 Å². The number of aliphatic imine (C=N–C) groups is 1. The van der Waals surface area contributed by atoms with Crippen LogP contribution in [0.2, 0.25) is 0 Å². The summed E-state index contributed by atoms with van der Waals surface area (Å²) in [7, 11) is 0. The van der Waals surface area contributed by atoms with Gasteiger partial charge in [-0.3, -0.25) is 10.1 Å². The van der Waals surface area contributed by atoms with Crippen LogP contribution in [-0.2, 0) is 0 Å².